The minimum Gasteiger partial charge on any atom is -0.480 e. The Kier molecular flexibility index (Phi) is 11.4. The third kappa shape index (κ3) is 8.35. The van der Waals surface area contributed by atoms with Crippen LogP contribution in [-0.2, 0) is 25.6 Å². The summed E-state index contributed by atoms with van der Waals surface area (Å²) in [6, 6.07) is 4.79. The molecule has 4 atom stereocenters. The first-order chi connectivity index (χ1) is 17.2. The van der Waals surface area contributed by atoms with Gasteiger partial charge in [-0.1, -0.05) is 38.5 Å². The van der Waals surface area contributed by atoms with Crippen molar-refractivity contribution in [3.63, 3.8) is 0 Å². The molecule has 0 saturated carbocycles. The molecule has 1 aromatic carbocycles. The van der Waals surface area contributed by atoms with Crippen molar-refractivity contribution in [2.45, 2.75) is 64.1 Å². The van der Waals surface area contributed by atoms with Crippen LogP contribution in [0, 0.1) is 5.92 Å². The molecule has 198 valence electrons. The number of nitrogens with one attached hydrogen (secondary N) is 4. The van der Waals surface area contributed by atoms with E-state index in [1.54, 1.807) is 13.1 Å². The summed E-state index contributed by atoms with van der Waals surface area (Å²) >= 11 is 0. The van der Waals surface area contributed by atoms with E-state index in [4.69, 9.17) is 11.5 Å². The summed E-state index contributed by atoms with van der Waals surface area (Å²) < 4.78 is 0. The van der Waals surface area contributed by atoms with Crippen molar-refractivity contribution in [2.75, 3.05) is 13.1 Å². The van der Waals surface area contributed by atoms with E-state index in [2.05, 4.69) is 20.9 Å². The van der Waals surface area contributed by atoms with Crippen LogP contribution in [0.4, 0.5) is 0 Å². The topological polar surface area (TPSA) is 192 Å². The van der Waals surface area contributed by atoms with E-state index >= 15 is 0 Å². The van der Waals surface area contributed by atoms with Crippen LogP contribution in [0.2, 0.25) is 0 Å². The number of hydrogen-bond donors (Lipinski definition) is 7. The zero-order valence-electron chi connectivity index (χ0n) is 20.9. The third-order valence-corrected chi connectivity index (χ3v) is 6.25. The highest BCUT2D eigenvalue weighted by Gasteiger charge is 2.29. The number of H-pyrrole nitrogens is 1. The lowest BCUT2D eigenvalue weighted by Crippen LogP contribution is -2.55. The minimum atomic E-state index is -1.15. The van der Waals surface area contributed by atoms with Gasteiger partial charge in [0.05, 0.1) is 12.6 Å². The number of nitrogens with two attached hydrogens (primary N) is 2. The molecule has 36 heavy (non-hydrogen) atoms. The van der Waals surface area contributed by atoms with E-state index in [1.165, 1.54) is 0 Å². The Labute approximate surface area is 210 Å². The number of carboxylic acids is 1. The van der Waals surface area contributed by atoms with Gasteiger partial charge in [0.25, 0.3) is 0 Å². The van der Waals surface area contributed by atoms with Crippen LogP contribution in [0.3, 0.4) is 0 Å². The second-order valence-corrected chi connectivity index (χ2v) is 9.00. The predicted octanol–water partition coefficient (Wildman–Crippen LogP) is 0.383. The molecule has 0 bridgehead atoms. The lowest BCUT2D eigenvalue weighted by atomic mass is 9.97. The van der Waals surface area contributed by atoms with Gasteiger partial charge in [-0.15, -0.1) is 0 Å². The maximum absolute atomic E-state index is 12.8. The van der Waals surface area contributed by atoms with Crippen LogP contribution in [0.15, 0.2) is 30.5 Å². The van der Waals surface area contributed by atoms with E-state index in [-0.39, 0.29) is 25.3 Å². The van der Waals surface area contributed by atoms with Gasteiger partial charge in [-0.05, 0) is 49.8 Å². The number of unbranched alkanes of at least 4 members (excludes halogenated alkanes) is 1. The molecule has 3 amide bonds. The van der Waals surface area contributed by atoms with Crippen molar-refractivity contribution in [2.24, 2.45) is 17.4 Å². The first kappa shape index (κ1) is 28.8. The molecule has 0 aliphatic heterocycles. The summed E-state index contributed by atoms with van der Waals surface area (Å²) in [5.74, 6) is -3.05. The Morgan fingerprint density at radius 2 is 1.81 bits per heavy atom. The zero-order valence-corrected chi connectivity index (χ0v) is 20.9. The fourth-order valence-electron chi connectivity index (χ4n) is 3.87. The highest BCUT2D eigenvalue weighted by molar-refractivity contribution is 5.93. The molecule has 4 unspecified atom stereocenters. The first-order valence-corrected chi connectivity index (χ1v) is 12.3. The first-order valence-electron chi connectivity index (χ1n) is 12.3. The Morgan fingerprint density at radius 3 is 2.47 bits per heavy atom. The summed E-state index contributed by atoms with van der Waals surface area (Å²) in [7, 11) is 0. The number of carbonyl (C=O) groups excluding carboxylic acids is 3. The Bertz CT molecular complexity index is 1040. The summed E-state index contributed by atoms with van der Waals surface area (Å²) in [6.45, 7) is 3.71. The molecular formula is C25H38N6O5. The van der Waals surface area contributed by atoms with Gasteiger partial charge in [0.15, 0.2) is 0 Å². The fraction of sp³-hybridized carbons (Fsp3) is 0.520. The lowest BCUT2D eigenvalue weighted by molar-refractivity contribution is -0.142. The molecule has 2 rings (SSSR count). The van der Waals surface area contributed by atoms with Gasteiger partial charge in [0.1, 0.15) is 12.1 Å². The number of hydrogen-bond acceptors (Lipinski definition) is 6. The molecule has 11 nitrogen and oxygen atoms in total. The Balaban J connectivity index is 1.91. The molecule has 0 spiro atoms. The van der Waals surface area contributed by atoms with Crippen molar-refractivity contribution < 1.29 is 24.3 Å². The summed E-state index contributed by atoms with van der Waals surface area (Å²) in [4.78, 5) is 52.5. The highest BCUT2D eigenvalue weighted by atomic mass is 16.4. The molecule has 11 heteroatoms. The summed E-state index contributed by atoms with van der Waals surface area (Å²) in [5.41, 5.74) is 13.3. The molecule has 0 aliphatic carbocycles. The van der Waals surface area contributed by atoms with Gasteiger partial charge in [0.2, 0.25) is 17.7 Å². The second-order valence-electron chi connectivity index (χ2n) is 9.00. The van der Waals surface area contributed by atoms with Gasteiger partial charge < -0.3 is 37.5 Å². The number of aromatic amines is 1. The maximum atomic E-state index is 12.8. The largest absolute Gasteiger partial charge is 0.480 e. The van der Waals surface area contributed by atoms with Crippen molar-refractivity contribution in [3.05, 3.63) is 36.0 Å². The van der Waals surface area contributed by atoms with Crippen molar-refractivity contribution >= 4 is 34.6 Å². The number of rotatable bonds is 15. The van der Waals surface area contributed by atoms with E-state index in [0.717, 1.165) is 16.5 Å². The van der Waals surface area contributed by atoms with Crippen molar-refractivity contribution in [1.29, 1.82) is 0 Å². The van der Waals surface area contributed by atoms with E-state index in [9.17, 15) is 24.3 Å². The number of carbonyl (C=O) groups is 4. The van der Waals surface area contributed by atoms with Crippen LogP contribution in [0.25, 0.3) is 10.9 Å². The monoisotopic (exact) mass is 502 g/mol. The number of carboxylic acid groups (broad SMARTS) is 1. The maximum Gasteiger partial charge on any atom is 0.326 e. The summed E-state index contributed by atoms with van der Waals surface area (Å²) in [6.07, 6.45) is 4.11. The standard InChI is InChI=1S/C25H38N6O5/c1-3-15(2)22(24(34)30-20(25(35)36)10-6-7-11-26)31-21(32)14-29-23(33)18(27)12-16-13-28-19-9-5-4-8-17(16)19/h4-5,8-9,13,15,18,20,22,28H,3,6-7,10-12,14,26-27H2,1-2H3,(H,29,33)(H,30,34)(H,31,32)(H,35,36). The van der Waals surface area contributed by atoms with Gasteiger partial charge >= 0.3 is 5.97 Å². The average molecular weight is 503 g/mol. The summed E-state index contributed by atoms with van der Waals surface area (Å²) in [5, 5.41) is 18.1. The molecular weight excluding hydrogens is 464 g/mol. The Hall–Kier alpha value is -3.44. The molecule has 2 aromatic rings. The fourth-order valence-corrected chi connectivity index (χ4v) is 3.87. The zero-order chi connectivity index (χ0) is 26.7. The molecule has 0 saturated heterocycles. The number of fused-ring (bicyclic) bond motifs is 1. The average Bonchev–Trinajstić information content (AvgIpc) is 3.27. The predicted molar refractivity (Wildman–Crippen MR) is 137 cm³/mol. The molecule has 0 fully saturated rings. The number of para-hydroxylation sites is 1. The van der Waals surface area contributed by atoms with Crippen LogP contribution in [0.5, 0.6) is 0 Å². The third-order valence-electron chi connectivity index (χ3n) is 6.25. The van der Waals surface area contributed by atoms with Gasteiger partial charge in [-0.3, -0.25) is 14.4 Å². The lowest BCUT2D eigenvalue weighted by Gasteiger charge is -2.25. The van der Waals surface area contributed by atoms with Crippen molar-refractivity contribution in [3.8, 4) is 0 Å². The molecule has 1 heterocycles. The van der Waals surface area contributed by atoms with E-state index < -0.39 is 41.8 Å². The SMILES string of the molecule is CCC(C)C(NC(=O)CNC(=O)C(N)Cc1c[nH]c2ccccc12)C(=O)NC(CCCCN)C(=O)O. The van der Waals surface area contributed by atoms with Crippen LogP contribution in [-0.4, -0.2) is 65.0 Å². The van der Waals surface area contributed by atoms with E-state index in [1.807, 2.05) is 31.2 Å². The number of benzene rings is 1. The van der Waals surface area contributed by atoms with Gasteiger partial charge in [-0.2, -0.15) is 0 Å². The molecule has 9 N–H and O–H groups in total. The molecule has 0 radical (unpaired) electrons. The van der Waals surface area contributed by atoms with Crippen LogP contribution < -0.4 is 27.4 Å². The smallest absolute Gasteiger partial charge is 0.326 e. The second kappa shape index (κ2) is 14.2. The Morgan fingerprint density at radius 1 is 1.08 bits per heavy atom. The highest BCUT2D eigenvalue weighted by Crippen LogP contribution is 2.18. The molecule has 1 aromatic heterocycles. The van der Waals surface area contributed by atoms with Gasteiger partial charge in [-0.25, -0.2) is 4.79 Å². The van der Waals surface area contributed by atoms with Crippen molar-refractivity contribution in [1.82, 2.24) is 20.9 Å². The molecule has 0 aliphatic rings. The number of aliphatic carboxylic acids is 1. The number of aromatic nitrogens is 1. The normalized spacial score (nSPS) is 14.4. The van der Waals surface area contributed by atoms with Crippen LogP contribution in [0.1, 0.15) is 45.1 Å². The minimum absolute atomic E-state index is 0.240. The van der Waals surface area contributed by atoms with E-state index in [0.29, 0.717) is 25.8 Å². The van der Waals surface area contributed by atoms with Gasteiger partial charge in [0, 0.05) is 17.1 Å². The van der Waals surface area contributed by atoms with Crippen LogP contribution >= 0.6 is 0 Å². The number of amides is 3. The quantitative estimate of drug-likeness (QED) is 0.171.